The first kappa shape index (κ1) is 21.3. The Morgan fingerprint density at radius 2 is 1.91 bits per heavy atom. The number of nitrogens with one attached hydrogen (secondary N) is 1. The molecule has 2 amide bonds. The van der Waals surface area contributed by atoms with E-state index in [0.717, 1.165) is 11.3 Å². The van der Waals surface area contributed by atoms with Crippen LogP contribution < -0.4 is 15.0 Å². The molecule has 0 saturated heterocycles. The SMILES string of the molecule is COc1ccc(CN2C(=O)CN=C(c3cnc(NC(=O)O)nc3)c3cc(Cl)ccc32)cc1. The first-order chi connectivity index (χ1) is 15.4. The van der Waals surface area contributed by atoms with Crippen LogP contribution in [0.3, 0.4) is 0 Å². The Labute approximate surface area is 188 Å². The minimum atomic E-state index is -1.26. The number of benzodiazepines with no additional fused rings is 1. The molecule has 0 aliphatic carbocycles. The molecule has 0 atom stereocenters. The van der Waals surface area contributed by atoms with Gasteiger partial charge in [0, 0.05) is 28.5 Å². The molecule has 2 heterocycles. The first-order valence-electron chi connectivity index (χ1n) is 9.54. The lowest BCUT2D eigenvalue weighted by atomic mass is 10.0. The van der Waals surface area contributed by atoms with Crippen molar-refractivity contribution in [3.05, 3.63) is 76.6 Å². The Hall–Kier alpha value is -3.98. The summed E-state index contributed by atoms with van der Waals surface area (Å²) in [5.74, 6) is 0.498. The number of methoxy groups -OCH3 is 1. The first-order valence-corrected chi connectivity index (χ1v) is 9.92. The second-order valence-electron chi connectivity index (χ2n) is 6.88. The lowest BCUT2D eigenvalue weighted by molar-refractivity contribution is -0.117. The summed E-state index contributed by atoms with van der Waals surface area (Å²) in [7, 11) is 1.60. The van der Waals surface area contributed by atoms with Crippen molar-refractivity contribution in [2.45, 2.75) is 6.54 Å². The van der Waals surface area contributed by atoms with Crippen molar-refractivity contribution in [2.75, 3.05) is 23.9 Å². The summed E-state index contributed by atoms with van der Waals surface area (Å²) in [6, 6.07) is 12.7. The fraction of sp³-hybridized carbons (Fsp3) is 0.136. The van der Waals surface area contributed by atoms with Gasteiger partial charge in [-0.25, -0.2) is 14.8 Å². The molecule has 0 bridgehead atoms. The van der Waals surface area contributed by atoms with E-state index in [2.05, 4.69) is 20.3 Å². The van der Waals surface area contributed by atoms with E-state index in [-0.39, 0.29) is 18.4 Å². The lowest BCUT2D eigenvalue weighted by Gasteiger charge is -2.23. The van der Waals surface area contributed by atoms with E-state index in [1.54, 1.807) is 30.2 Å². The predicted molar refractivity (Wildman–Crippen MR) is 120 cm³/mol. The van der Waals surface area contributed by atoms with Gasteiger partial charge in [0.2, 0.25) is 11.9 Å². The van der Waals surface area contributed by atoms with E-state index in [1.807, 2.05) is 24.3 Å². The van der Waals surface area contributed by atoms with Gasteiger partial charge in [0.25, 0.3) is 0 Å². The number of aliphatic imine (C=N–C) groups is 1. The normalized spacial score (nSPS) is 13.1. The zero-order valence-corrected chi connectivity index (χ0v) is 17.7. The number of halogens is 1. The van der Waals surface area contributed by atoms with Gasteiger partial charge in [0.15, 0.2) is 0 Å². The van der Waals surface area contributed by atoms with Crippen molar-refractivity contribution in [1.29, 1.82) is 0 Å². The Morgan fingerprint density at radius 1 is 1.19 bits per heavy atom. The summed E-state index contributed by atoms with van der Waals surface area (Å²) in [4.78, 5) is 38.0. The molecule has 0 unspecified atom stereocenters. The molecule has 10 heteroatoms. The molecule has 2 N–H and O–H groups in total. The van der Waals surface area contributed by atoms with E-state index >= 15 is 0 Å². The van der Waals surface area contributed by atoms with Gasteiger partial charge >= 0.3 is 6.09 Å². The van der Waals surface area contributed by atoms with Crippen molar-refractivity contribution in [1.82, 2.24) is 9.97 Å². The number of rotatable bonds is 5. The zero-order chi connectivity index (χ0) is 22.7. The minimum Gasteiger partial charge on any atom is -0.497 e. The maximum Gasteiger partial charge on any atom is 0.411 e. The monoisotopic (exact) mass is 451 g/mol. The van der Waals surface area contributed by atoms with Crippen LogP contribution in [0.15, 0.2) is 59.9 Å². The average molecular weight is 452 g/mol. The van der Waals surface area contributed by atoms with Crippen LogP contribution in [0, 0.1) is 0 Å². The van der Waals surface area contributed by atoms with Crippen LogP contribution >= 0.6 is 11.6 Å². The number of carboxylic acid groups (broad SMARTS) is 1. The molecule has 1 aliphatic rings. The molecule has 0 radical (unpaired) electrons. The molecule has 0 saturated carbocycles. The second kappa shape index (κ2) is 9.03. The highest BCUT2D eigenvalue weighted by Crippen LogP contribution is 2.31. The molecule has 2 aromatic carbocycles. The highest BCUT2D eigenvalue weighted by atomic mass is 35.5. The number of carbonyl (C=O) groups is 2. The summed E-state index contributed by atoms with van der Waals surface area (Å²) >= 11 is 6.26. The zero-order valence-electron chi connectivity index (χ0n) is 16.9. The van der Waals surface area contributed by atoms with Crippen molar-refractivity contribution in [2.24, 2.45) is 4.99 Å². The number of fused-ring (bicyclic) bond motifs is 1. The number of carbonyl (C=O) groups excluding carboxylic acids is 1. The van der Waals surface area contributed by atoms with Crippen LogP contribution in [-0.2, 0) is 11.3 Å². The van der Waals surface area contributed by atoms with Crippen LogP contribution in [0.2, 0.25) is 5.02 Å². The minimum absolute atomic E-state index is 0.0565. The number of amides is 2. The van der Waals surface area contributed by atoms with E-state index in [9.17, 15) is 9.59 Å². The van der Waals surface area contributed by atoms with Gasteiger partial charge in [0.05, 0.1) is 25.1 Å². The quantitative estimate of drug-likeness (QED) is 0.612. The van der Waals surface area contributed by atoms with E-state index in [1.165, 1.54) is 12.4 Å². The Bertz CT molecular complexity index is 1200. The number of aromatic nitrogens is 2. The van der Waals surface area contributed by atoms with Gasteiger partial charge < -0.3 is 14.7 Å². The summed E-state index contributed by atoms with van der Waals surface area (Å²) < 4.78 is 5.20. The molecule has 4 rings (SSSR count). The summed E-state index contributed by atoms with van der Waals surface area (Å²) in [5.41, 5.74) is 3.26. The average Bonchev–Trinajstić information content (AvgIpc) is 2.91. The Kier molecular flexibility index (Phi) is 6.00. The Balaban J connectivity index is 1.71. The van der Waals surface area contributed by atoms with E-state index in [0.29, 0.717) is 34.1 Å². The molecule has 1 aromatic heterocycles. The van der Waals surface area contributed by atoms with Gasteiger partial charge in [-0.15, -0.1) is 0 Å². The molecule has 1 aliphatic heterocycles. The number of anilines is 2. The molecule has 0 spiro atoms. The summed E-state index contributed by atoms with van der Waals surface area (Å²) in [5, 5.41) is 11.4. The molecule has 162 valence electrons. The number of ether oxygens (including phenoxy) is 1. The van der Waals surface area contributed by atoms with Gasteiger partial charge in [-0.1, -0.05) is 23.7 Å². The number of hydrogen-bond donors (Lipinski definition) is 2. The fourth-order valence-electron chi connectivity index (χ4n) is 3.33. The van der Waals surface area contributed by atoms with Crippen LogP contribution in [0.25, 0.3) is 0 Å². The Morgan fingerprint density at radius 3 is 2.56 bits per heavy atom. The van der Waals surface area contributed by atoms with Crippen molar-refractivity contribution >= 4 is 40.9 Å². The maximum absolute atomic E-state index is 13.0. The second-order valence-corrected chi connectivity index (χ2v) is 7.32. The molecule has 0 fully saturated rings. The molecular formula is C22H18ClN5O4. The third-order valence-corrected chi connectivity index (χ3v) is 5.06. The number of hydrogen-bond acceptors (Lipinski definition) is 6. The standard InChI is InChI=1S/C22H18ClN5O4/c1-32-16-5-2-13(3-6-16)12-28-18-7-4-15(23)8-17(18)20(24-11-19(28)29)14-9-25-21(26-10-14)27-22(30)31/h2-10H,11-12H2,1H3,(H,30,31)(H,25,26,27). The molecule has 32 heavy (non-hydrogen) atoms. The van der Waals surface area contributed by atoms with Gasteiger partial charge in [0.1, 0.15) is 12.3 Å². The van der Waals surface area contributed by atoms with Gasteiger partial charge in [-0.05, 0) is 35.9 Å². The van der Waals surface area contributed by atoms with Crippen LogP contribution in [-0.4, -0.2) is 46.4 Å². The lowest BCUT2D eigenvalue weighted by Crippen LogP contribution is -2.31. The van der Waals surface area contributed by atoms with Gasteiger partial charge in [-0.3, -0.25) is 15.1 Å². The summed E-state index contributed by atoms with van der Waals surface area (Å²) in [6.07, 6.45) is 1.64. The third kappa shape index (κ3) is 4.52. The van der Waals surface area contributed by atoms with Crippen molar-refractivity contribution in [3.63, 3.8) is 0 Å². The fourth-order valence-corrected chi connectivity index (χ4v) is 3.50. The van der Waals surface area contributed by atoms with Crippen molar-refractivity contribution < 1.29 is 19.4 Å². The number of nitrogens with zero attached hydrogens (tertiary/aromatic N) is 4. The van der Waals surface area contributed by atoms with Crippen molar-refractivity contribution in [3.8, 4) is 5.75 Å². The van der Waals surface area contributed by atoms with Crippen LogP contribution in [0.1, 0.15) is 16.7 Å². The van der Waals surface area contributed by atoms with E-state index in [4.69, 9.17) is 21.4 Å². The van der Waals surface area contributed by atoms with E-state index < -0.39 is 6.09 Å². The van der Waals surface area contributed by atoms with Gasteiger partial charge in [-0.2, -0.15) is 0 Å². The smallest absolute Gasteiger partial charge is 0.411 e. The molecular weight excluding hydrogens is 434 g/mol. The third-order valence-electron chi connectivity index (χ3n) is 4.82. The molecule has 3 aromatic rings. The number of benzene rings is 2. The highest BCUT2D eigenvalue weighted by molar-refractivity contribution is 6.32. The highest BCUT2D eigenvalue weighted by Gasteiger charge is 2.26. The predicted octanol–water partition coefficient (Wildman–Crippen LogP) is 3.61. The molecule has 9 nitrogen and oxygen atoms in total. The van der Waals surface area contributed by atoms with Crippen LogP contribution in [0.5, 0.6) is 5.75 Å². The largest absolute Gasteiger partial charge is 0.497 e. The topological polar surface area (TPSA) is 117 Å². The summed E-state index contributed by atoms with van der Waals surface area (Å²) in [6.45, 7) is 0.269. The van der Waals surface area contributed by atoms with Crippen LogP contribution in [0.4, 0.5) is 16.4 Å². The maximum atomic E-state index is 13.0.